The van der Waals surface area contributed by atoms with Gasteiger partial charge in [0, 0.05) is 10.8 Å². The van der Waals surface area contributed by atoms with Crippen LogP contribution in [0.1, 0.15) is 24.0 Å². The molecule has 3 aromatic rings. The Balaban J connectivity index is 2.11. The molecule has 0 atom stereocenters. The summed E-state index contributed by atoms with van der Waals surface area (Å²) < 4.78 is 0. The highest BCUT2D eigenvalue weighted by Crippen LogP contribution is 2.30. The summed E-state index contributed by atoms with van der Waals surface area (Å²) in [6.07, 6.45) is 5.10. The largest absolute Gasteiger partial charge is 0.248 e. The van der Waals surface area contributed by atoms with Crippen LogP contribution < -0.4 is 0 Å². The summed E-state index contributed by atoms with van der Waals surface area (Å²) in [6.45, 7) is 0. The maximum atomic E-state index is 4.79. The van der Waals surface area contributed by atoms with Gasteiger partial charge in [0.15, 0.2) is 0 Å². The molecule has 0 spiro atoms. The normalized spacial score (nSPS) is 14.9. The molecule has 1 heteroatoms. The van der Waals surface area contributed by atoms with E-state index < -0.39 is 0 Å². The first-order chi connectivity index (χ1) is 8.92. The first-order valence-electron chi connectivity index (χ1n) is 6.72. The van der Waals surface area contributed by atoms with Crippen molar-refractivity contribution in [3.63, 3.8) is 0 Å². The second-order valence-electron chi connectivity index (χ2n) is 5.16. The molecule has 0 N–H and O–H groups in total. The Morgan fingerprint density at radius 2 is 1.72 bits per heavy atom. The molecule has 1 aliphatic carbocycles. The minimum Gasteiger partial charge on any atom is -0.248 e. The van der Waals surface area contributed by atoms with E-state index in [1.54, 1.807) is 0 Å². The number of aryl methyl sites for hydroxylation is 2. The lowest BCUT2D eigenvalue weighted by atomic mass is 9.88. The van der Waals surface area contributed by atoms with Crippen LogP contribution in [0.15, 0.2) is 42.5 Å². The Morgan fingerprint density at radius 1 is 0.833 bits per heavy atom. The molecule has 0 amide bonds. The van der Waals surface area contributed by atoms with Gasteiger partial charge in [0.1, 0.15) is 0 Å². The van der Waals surface area contributed by atoms with Gasteiger partial charge in [0.2, 0.25) is 0 Å². The molecule has 2 aromatic carbocycles. The van der Waals surface area contributed by atoms with E-state index in [0.717, 1.165) is 11.0 Å². The van der Waals surface area contributed by atoms with Crippen molar-refractivity contribution in [3.05, 3.63) is 53.6 Å². The molecular formula is C17H15N. The van der Waals surface area contributed by atoms with E-state index in [1.807, 2.05) is 0 Å². The highest BCUT2D eigenvalue weighted by molar-refractivity contribution is 5.94. The van der Waals surface area contributed by atoms with Gasteiger partial charge in [0.05, 0.1) is 11.0 Å². The van der Waals surface area contributed by atoms with Crippen LogP contribution in [0.25, 0.3) is 21.8 Å². The van der Waals surface area contributed by atoms with Gasteiger partial charge in [-0.25, -0.2) is 4.98 Å². The second kappa shape index (κ2) is 3.81. The molecule has 0 bridgehead atoms. The second-order valence-corrected chi connectivity index (χ2v) is 5.16. The quantitative estimate of drug-likeness (QED) is 0.528. The highest BCUT2D eigenvalue weighted by Gasteiger charge is 2.13. The number of hydrogen-bond acceptors (Lipinski definition) is 1. The number of aromatic nitrogens is 1. The van der Waals surface area contributed by atoms with Gasteiger partial charge in [-0.3, -0.25) is 0 Å². The van der Waals surface area contributed by atoms with E-state index in [0.29, 0.717) is 0 Å². The molecule has 88 valence electrons. The predicted octanol–water partition coefficient (Wildman–Crippen LogP) is 4.27. The molecule has 1 nitrogen and oxygen atoms in total. The number of nitrogens with zero attached hydrogens (tertiary/aromatic N) is 1. The van der Waals surface area contributed by atoms with Crippen LogP contribution in [0.5, 0.6) is 0 Å². The lowest BCUT2D eigenvalue weighted by Gasteiger charge is -2.17. The number of para-hydroxylation sites is 1. The van der Waals surface area contributed by atoms with Crippen molar-refractivity contribution in [2.45, 2.75) is 25.7 Å². The molecule has 0 saturated carbocycles. The molecule has 0 fully saturated rings. The monoisotopic (exact) mass is 233 g/mol. The summed E-state index contributed by atoms with van der Waals surface area (Å²) in [5.41, 5.74) is 5.32. The summed E-state index contributed by atoms with van der Waals surface area (Å²) in [6, 6.07) is 15.2. The van der Waals surface area contributed by atoms with Gasteiger partial charge in [-0.1, -0.05) is 24.3 Å². The Morgan fingerprint density at radius 3 is 2.72 bits per heavy atom. The van der Waals surface area contributed by atoms with Crippen LogP contribution in [-0.4, -0.2) is 4.98 Å². The number of fused-ring (bicyclic) bond motifs is 4. The third-order valence-electron chi connectivity index (χ3n) is 4.03. The van der Waals surface area contributed by atoms with Gasteiger partial charge in [-0.2, -0.15) is 0 Å². The summed E-state index contributed by atoms with van der Waals surface area (Å²) >= 11 is 0. The molecule has 0 saturated heterocycles. The van der Waals surface area contributed by atoms with Crippen molar-refractivity contribution in [3.8, 4) is 0 Å². The first-order valence-corrected chi connectivity index (χ1v) is 6.72. The van der Waals surface area contributed by atoms with Crippen LogP contribution in [-0.2, 0) is 12.8 Å². The fourth-order valence-corrected chi connectivity index (χ4v) is 3.10. The Bertz CT molecular complexity index is 743. The topological polar surface area (TPSA) is 12.9 Å². The van der Waals surface area contributed by atoms with Gasteiger partial charge < -0.3 is 0 Å². The average Bonchev–Trinajstić information content (AvgIpc) is 2.45. The van der Waals surface area contributed by atoms with Crippen molar-refractivity contribution >= 4 is 21.8 Å². The van der Waals surface area contributed by atoms with Crippen LogP contribution in [0.3, 0.4) is 0 Å². The minimum atomic E-state index is 1.10. The number of hydrogen-bond donors (Lipinski definition) is 0. The molecule has 0 radical (unpaired) electrons. The van der Waals surface area contributed by atoms with E-state index >= 15 is 0 Å². The third kappa shape index (κ3) is 1.43. The fraction of sp³-hybridized carbons (Fsp3) is 0.235. The minimum absolute atomic E-state index is 1.10. The van der Waals surface area contributed by atoms with Crippen molar-refractivity contribution in [2.24, 2.45) is 0 Å². The summed E-state index contributed by atoms with van der Waals surface area (Å²) in [7, 11) is 0. The molecular weight excluding hydrogens is 218 g/mol. The van der Waals surface area contributed by atoms with Crippen LogP contribution >= 0.6 is 0 Å². The van der Waals surface area contributed by atoms with E-state index in [4.69, 9.17) is 4.98 Å². The first kappa shape index (κ1) is 10.1. The van der Waals surface area contributed by atoms with Gasteiger partial charge in [0.25, 0.3) is 0 Å². The molecule has 18 heavy (non-hydrogen) atoms. The van der Waals surface area contributed by atoms with Gasteiger partial charge >= 0.3 is 0 Å². The zero-order chi connectivity index (χ0) is 11.9. The molecule has 0 unspecified atom stereocenters. The van der Waals surface area contributed by atoms with E-state index in [1.165, 1.54) is 47.6 Å². The van der Waals surface area contributed by atoms with Crippen LogP contribution in [0.2, 0.25) is 0 Å². The number of benzene rings is 2. The maximum absolute atomic E-state index is 4.79. The third-order valence-corrected chi connectivity index (χ3v) is 4.03. The summed E-state index contributed by atoms with van der Waals surface area (Å²) in [5, 5.41) is 2.62. The highest BCUT2D eigenvalue weighted by atomic mass is 14.7. The van der Waals surface area contributed by atoms with Crippen molar-refractivity contribution in [2.75, 3.05) is 0 Å². The molecule has 4 rings (SSSR count). The smallest absolute Gasteiger partial charge is 0.0712 e. The molecule has 1 heterocycles. The van der Waals surface area contributed by atoms with Gasteiger partial charge in [-0.05, 0) is 55.0 Å². The SMILES string of the molecule is c1ccc2nc3ccc4c(c3cc2c1)CCCC4. The lowest BCUT2D eigenvalue weighted by molar-refractivity contribution is 0.690. The molecule has 0 aliphatic heterocycles. The Kier molecular flexibility index (Phi) is 2.13. The average molecular weight is 233 g/mol. The Hall–Kier alpha value is -1.89. The predicted molar refractivity (Wildman–Crippen MR) is 75.9 cm³/mol. The van der Waals surface area contributed by atoms with Crippen molar-refractivity contribution in [1.82, 2.24) is 4.98 Å². The molecule has 1 aromatic heterocycles. The number of pyridine rings is 1. The number of rotatable bonds is 0. The fourth-order valence-electron chi connectivity index (χ4n) is 3.10. The summed E-state index contributed by atoms with van der Waals surface area (Å²) in [5.74, 6) is 0. The van der Waals surface area contributed by atoms with Crippen LogP contribution in [0.4, 0.5) is 0 Å². The molecule has 1 aliphatic rings. The van der Waals surface area contributed by atoms with E-state index in [9.17, 15) is 0 Å². The zero-order valence-corrected chi connectivity index (χ0v) is 10.3. The van der Waals surface area contributed by atoms with Crippen molar-refractivity contribution < 1.29 is 0 Å². The van der Waals surface area contributed by atoms with E-state index in [2.05, 4.69) is 42.5 Å². The lowest BCUT2D eigenvalue weighted by Crippen LogP contribution is -2.03. The zero-order valence-electron chi connectivity index (χ0n) is 10.3. The van der Waals surface area contributed by atoms with E-state index in [-0.39, 0.29) is 0 Å². The van der Waals surface area contributed by atoms with Crippen LogP contribution in [0, 0.1) is 0 Å². The van der Waals surface area contributed by atoms with Crippen molar-refractivity contribution in [1.29, 1.82) is 0 Å². The Labute approximate surface area is 106 Å². The summed E-state index contributed by atoms with van der Waals surface area (Å²) in [4.78, 5) is 4.79. The standard InChI is InChI=1S/C17H15N/c1-3-7-14-12(5-1)9-10-17-15(14)11-13-6-2-4-8-16(13)18-17/h2,4,6,8-11H,1,3,5,7H2. The van der Waals surface area contributed by atoms with Gasteiger partial charge in [-0.15, -0.1) is 0 Å². The maximum Gasteiger partial charge on any atom is 0.0712 e.